The maximum atomic E-state index is 12.9. The summed E-state index contributed by atoms with van der Waals surface area (Å²) in [5, 5.41) is 4.31. The number of amides is 1. The second kappa shape index (κ2) is 9.48. The molecule has 0 saturated carbocycles. The largest absolute Gasteiger partial charge is 0.497 e. The fourth-order valence-electron chi connectivity index (χ4n) is 4.60. The number of carbonyl (C=O) groups is 1. The maximum Gasteiger partial charge on any atom is 0.224 e. The molecule has 1 saturated heterocycles. The van der Waals surface area contributed by atoms with E-state index in [0.717, 1.165) is 46.6 Å². The Morgan fingerprint density at radius 1 is 1.10 bits per heavy atom. The molecular weight excluding hydrogens is 386 g/mol. The number of fused-ring (bicyclic) bond motifs is 1. The lowest BCUT2D eigenvalue weighted by atomic mass is 9.99. The molecule has 2 aromatic carbocycles. The molecule has 0 bridgehead atoms. The molecule has 0 radical (unpaired) electrons. The molecule has 0 aliphatic carbocycles. The average Bonchev–Trinajstić information content (AvgIpc) is 3.32. The number of para-hydroxylation sites is 1. The lowest BCUT2D eigenvalue weighted by molar-refractivity contribution is -0.120. The summed E-state index contributed by atoms with van der Waals surface area (Å²) in [5.41, 5.74) is 5.29. The number of aryl methyl sites for hydroxylation is 2. The summed E-state index contributed by atoms with van der Waals surface area (Å²) in [5.74, 6) is 0.892. The summed E-state index contributed by atoms with van der Waals surface area (Å²) in [6.07, 6.45) is 2.77. The molecule has 1 atom stereocenters. The summed E-state index contributed by atoms with van der Waals surface area (Å²) in [4.78, 5) is 20.1. The Labute approximate surface area is 184 Å². The van der Waals surface area contributed by atoms with Crippen LogP contribution < -0.4 is 10.1 Å². The minimum atomic E-state index is 0.0426. The van der Waals surface area contributed by atoms with Crippen LogP contribution in [0.4, 0.5) is 0 Å². The van der Waals surface area contributed by atoms with Crippen LogP contribution in [0.25, 0.3) is 10.9 Å². The highest BCUT2D eigenvalue weighted by Gasteiger charge is 2.24. The average molecular weight is 418 g/mol. The molecule has 3 aromatic rings. The molecule has 5 heteroatoms. The molecule has 1 amide bonds. The molecule has 1 fully saturated rings. The minimum absolute atomic E-state index is 0.0426. The summed E-state index contributed by atoms with van der Waals surface area (Å²) < 4.78 is 5.30. The third-order valence-corrected chi connectivity index (χ3v) is 6.40. The van der Waals surface area contributed by atoms with Gasteiger partial charge < -0.3 is 10.1 Å². The fourth-order valence-corrected chi connectivity index (χ4v) is 4.60. The second-order valence-electron chi connectivity index (χ2n) is 8.33. The van der Waals surface area contributed by atoms with Crippen LogP contribution in [0.15, 0.2) is 48.5 Å². The Morgan fingerprint density at radius 3 is 2.52 bits per heavy atom. The van der Waals surface area contributed by atoms with Crippen molar-refractivity contribution in [3.8, 4) is 5.75 Å². The summed E-state index contributed by atoms with van der Waals surface area (Å²) in [6.45, 7) is 6.82. The number of carbonyl (C=O) groups excluding carboxylic acids is 1. The molecule has 1 aliphatic heterocycles. The van der Waals surface area contributed by atoms with E-state index in [1.807, 2.05) is 37.3 Å². The van der Waals surface area contributed by atoms with Crippen LogP contribution in [0.2, 0.25) is 0 Å². The standard InChI is InChI=1S/C26H31N3O2/c1-18-22-8-4-5-9-24(22)28-19(2)23(18)16-26(30)27-17-25(29-14-6-7-15-29)20-10-12-21(31-3)13-11-20/h4-5,8-13,25H,6-7,14-17H2,1-3H3,(H,27,30). The number of methoxy groups -OCH3 is 1. The smallest absolute Gasteiger partial charge is 0.224 e. The number of nitrogens with zero attached hydrogens (tertiary/aromatic N) is 2. The van der Waals surface area contributed by atoms with Crippen molar-refractivity contribution in [1.82, 2.24) is 15.2 Å². The van der Waals surface area contributed by atoms with Crippen LogP contribution in [0.5, 0.6) is 5.75 Å². The number of rotatable bonds is 7. The third-order valence-electron chi connectivity index (χ3n) is 6.40. The van der Waals surface area contributed by atoms with E-state index < -0.39 is 0 Å². The van der Waals surface area contributed by atoms with Gasteiger partial charge in [-0.3, -0.25) is 14.7 Å². The Bertz CT molecular complexity index is 1060. The Hall–Kier alpha value is -2.92. The molecule has 162 valence electrons. The van der Waals surface area contributed by atoms with Crippen LogP contribution >= 0.6 is 0 Å². The van der Waals surface area contributed by atoms with Crippen molar-refractivity contribution in [3.05, 3.63) is 70.9 Å². The van der Waals surface area contributed by atoms with Crippen LogP contribution in [0, 0.1) is 13.8 Å². The highest BCUT2D eigenvalue weighted by molar-refractivity contribution is 5.86. The molecule has 1 N–H and O–H groups in total. The Morgan fingerprint density at radius 2 is 1.81 bits per heavy atom. The van der Waals surface area contributed by atoms with Crippen LogP contribution in [0.3, 0.4) is 0 Å². The molecule has 4 rings (SSSR count). The number of aromatic nitrogens is 1. The first-order valence-corrected chi connectivity index (χ1v) is 11.1. The van der Waals surface area contributed by atoms with Gasteiger partial charge in [0.1, 0.15) is 5.75 Å². The first kappa shape index (κ1) is 21.3. The van der Waals surface area contributed by atoms with Crippen LogP contribution in [0.1, 0.15) is 41.3 Å². The first-order valence-electron chi connectivity index (χ1n) is 11.1. The van der Waals surface area contributed by atoms with Crippen molar-refractivity contribution in [3.63, 3.8) is 0 Å². The quantitative estimate of drug-likeness (QED) is 0.621. The van der Waals surface area contributed by atoms with E-state index in [1.165, 1.54) is 18.4 Å². The molecule has 31 heavy (non-hydrogen) atoms. The number of benzene rings is 2. The predicted molar refractivity (Wildman–Crippen MR) is 124 cm³/mol. The molecule has 5 nitrogen and oxygen atoms in total. The summed E-state index contributed by atoms with van der Waals surface area (Å²) in [7, 11) is 1.68. The second-order valence-corrected chi connectivity index (χ2v) is 8.33. The zero-order valence-corrected chi connectivity index (χ0v) is 18.6. The predicted octanol–water partition coefficient (Wildman–Crippen LogP) is 4.36. The molecule has 1 unspecified atom stereocenters. The molecule has 2 heterocycles. The van der Waals surface area contributed by atoms with Gasteiger partial charge in [0.25, 0.3) is 0 Å². The van der Waals surface area contributed by atoms with E-state index in [4.69, 9.17) is 9.72 Å². The van der Waals surface area contributed by atoms with Crippen LogP contribution in [-0.4, -0.2) is 42.5 Å². The highest BCUT2D eigenvalue weighted by atomic mass is 16.5. The maximum absolute atomic E-state index is 12.9. The summed E-state index contributed by atoms with van der Waals surface area (Å²) >= 11 is 0. The van der Waals surface area contributed by atoms with E-state index in [1.54, 1.807) is 7.11 Å². The zero-order valence-electron chi connectivity index (χ0n) is 18.6. The molecule has 1 aromatic heterocycles. The van der Waals surface area contributed by atoms with Gasteiger partial charge in [-0.1, -0.05) is 30.3 Å². The Kier molecular flexibility index (Phi) is 6.52. The Balaban J connectivity index is 1.48. The molecule has 1 aliphatic rings. The normalized spacial score (nSPS) is 15.2. The van der Waals surface area contributed by atoms with Crippen molar-refractivity contribution in [2.75, 3.05) is 26.7 Å². The highest BCUT2D eigenvalue weighted by Crippen LogP contribution is 2.27. The summed E-state index contributed by atoms with van der Waals surface area (Å²) in [6, 6.07) is 16.5. The third kappa shape index (κ3) is 4.72. The number of hydrogen-bond donors (Lipinski definition) is 1. The van der Waals surface area contributed by atoms with Crippen molar-refractivity contribution in [1.29, 1.82) is 0 Å². The minimum Gasteiger partial charge on any atom is -0.497 e. The van der Waals surface area contributed by atoms with Gasteiger partial charge in [0.05, 0.1) is 25.1 Å². The number of likely N-dealkylation sites (tertiary alicyclic amines) is 1. The van der Waals surface area contributed by atoms with Gasteiger partial charge in [0.2, 0.25) is 5.91 Å². The van der Waals surface area contributed by atoms with Crippen molar-refractivity contribution < 1.29 is 9.53 Å². The number of ether oxygens (including phenoxy) is 1. The van der Waals surface area contributed by atoms with Gasteiger partial charge in [-0.25, -0.2) is 0 Å². The lowest BCUT2D eigenvalue weighted by Gasteiger charge is -2.28. The van der Waals surface area contributed by atoms with E-state index in [2.05, 4.69) is 35.3 Å². The van der Waals surface area contributed by atoms with Gasteiger partial charge in [0.15, 0.2) is 0 Å². The van der Waals surface area contributed by atoms with Crippen LogP contribution in [-0.2, 0) is 11.2 Å². The van der Waals surface area contributed by atoms with Gasteiger partial charge in [0, 0.05) is 17.6 Å². The number of nitrogens with one attached hydrogen (secondary N) is 1. The topological polar surface area (TPSA) is 54.5 Å². The lowest BCUT2D eigenvalue weighted by Crippen LogP contribution is -2.37. The van der Waals surface area contributed by atoms with Gasteiger partial charge in [-0.05, 0) is 74.7 Å². The van der Waals surface area contributed by atoms with E-state index in [9.17, 15) is 4.79 Å². The van der Waals surface area contributed by atoms with Crippen molar-refractivity contribution >= 4 is 16.8 Å². The number of pyridine rings is 1. The fraction of sp³-hybridized carbons (Fsp3) is 0.385. The van der Waals surface area contributed by atoms with E-state index in [-0.39, 0.29) is 11.9 Å². The van der Waals surface area contributed by atoms with E-state index in [0.29, 0.717) is 13.0 Å². The molecule has 0 spiro atoms. The molecular formula is C26H31N3O2. The van der Waals surface area contributed by atoms with Gasteiger partial charge >= 0.3 is 0 Å². The van der Waals surface area contributed by atoms with Crippen molar-refractivity contribution in [2.45, 2.75) is 39.2 Å². The van der Waals surface area contributed by atoms with Gasteiger partial charge in [-0.15, -0.1) is 0 Å². The van der Waals surface area contributed by atoms with Gasteiger partial charge in [-0.2, -0.15) is 0 Å². The monoisotopic (exact) mass is 417 g/mol. The zero-order chi connectivity index (χ0) is 21.8. The first-order chi connectivity index (χ1) is 15.1. The van der Waals surface area contributed by atoms with E-state index >= 15 is 0 Å². The SMILES string of the molecule is COc1ccc(C(CNC(=O)Cc2c(C)nc3ccccc3c2C)N2CCCC2)cc1. The number of hydrogen-bond acceptors (Lipinski definition) is 4. The van der Waals surface area contributed by atoms with Crippen molar-refractivity contribution in [2.24, 2.45) is 0 Å².